The second-order valence-electron chi connectivity index (χ2n) is 2.02. The Balaban J connectivity index is -0.000000405. The van der Waals surface area contributed by atoms with Crippen LogP contribution in [-0.4, -0.2) is 103 Å². The van der Waals surface area contributed by atoms with Gasteiger partial charge in [0.2, 0.25) is 0 Å². The standard InChI is InChI=1S/C6H10O4.K.Na.2H/c1-2-3-4(5(7)8)6(9)10;;;;/h4H,2-3H2,1H3,(H,7,8)(H,9,10);;;;. The molecule has 0 aliphatic carbocycles. The van der Waals surface area contributed by atoms with Crippen molar-refractivity contribution in [1.29, 1.82) is 0 Å². The third-order valence-corrected chi connectivity index (χ3v) is 1.17. The summed E-state index contributed by atoms with van der Waals surface area (Å²) in [5, 5.41) is 16.6. The van der Waals surface area contributed by atoms with Gasteiger partial charge in [-0.2, -0.15) is 0 Å². The van der Waals surface area contributed by atoms with Gasteiger partial charge in [0.1, 0.15) is 0 Å². The molecule has 0 amide bonds. The third kappa shape index (κ3) is 8.19. The molecular weight excluding hydrogens is 198 g/mol. The van der Waals surface area contributed by atoms with Crippen LogP contribution < -0.4 is 0 Å². The molecule has 4 nitrogen and oxygen atoms in total. The molecule has 0 aliphatic heterocycles. The summed E-state index contributed by atoms with van der Waals surface area (Å²) < 4.78 is 0. The van der Waals surface area contributed by atoms with E-state index in [1.807, 2.05) is 0 Å². The summed E-state index contributed by atoms with van der Waals surface area (Å²) in [5.74, 6) is -3.74. The zero-order valence-corrected chi connectivity index (χ0v) is 5.70. The van der Waals surface area contributed by atoms with Gasteiger partial charge >= 0.3 is 92.9 Å². The van der Waals surface area contributed by atoms with Gasteiger partial charge in [-0.15, -0.1) is 0 Å². The number of carboxylic acid groups (broad SMARTS) is 2. The minimum absolute atomic E-state index is 0. The van der Waals surface area contributed by atoms with Crippen molar-refractivity contribution in [2.24, 2.45) is 5.92 Å². The molecular formula is C6H12KNaO4. The summed E-state index contributed by atoms with van der Waals surface area (Å²) in [6, 6.07) is 0. The summed E-state index contributed by atoms with van der Waals surface area (Å²) in [5.41, 5.74) is 0. The fraction of sp³-hybridized carbons (Fsp3) is 0.667. The van der Waals surface area contributed by atoms with Gasteiger partial charge in [0.05, 0.1) is 0 Å². The Morgan fingerprint density at radius 2 is 1.58 bits per heavy atom. The predicted octanol–water partition coefficient (Wildman–Crippen LogP) is -0.725. The van der Waals surface area contributed by atoms with Crippen LogP contribution in [0.25, 0.3) is 0 Å². The van der Waals surface area contributed by atoms with Crippen molar-refractivity contribution in [2.75, 3.05) is 0 Å². The average molecular weight is 210 g/mol. The van der Waals surface area contributed by atoms with Crippen LogP contribution in [0.3, 0.4) is 0 Å². The van der Waals surface area contributed by atoms with Crippen molar-refractivity contribution in [2.45, 2.75) is 19.8 Å². The van der Waals surface area contributed by atoms with E-state index in [0.29, 0.717) is 6.42 Å². The zero-order valence-electron chi connectivity index (χ0n) is 5.70. The van der Waals surface area contributed by atoms with E-state index in [0.717, 1.165) is 0 Å². The van der Waals surface area contributed by atoms with Crippen molar-refractivity contribution < 1.29 is 19.8 Å². The molecule has 0 bridgehead atoms. The molecule has 0 saturated carbocycles. The van der Waals surface area contributed by atoms with Gasteiger partial charge in [-0.05, 0) is 6.42 Å². The van der Waals surface area contributed by atoms with Crippen molar-refractivity contribution in [3.05, 3.63) is 0 Å². The van der Waals surface area contributed by atoms with E-state index >= 15 is 0 Å². The van der Waals surface area contributed by atoms with Gasteiger partial charge < -0.3 is 10.2 Å². The zero-order chi connectivity index (χ0) is 8.15. The Morgan fingerprint density at radius 1 is 1.25 bits per heavy atom. The predicted molar refractivity (Wildman–Crippen MR) is 48.0 cm³/mol. The normalized spacial score (nSPS) is 8.17. The van der Waals surface area contributed by atoms with Gasteiger partial charge in [-0.1, -0.05) is 13.3 Å². The van der Waals surface area contributed by atoms with Crippen molar-refractivity contribution in [1.82, 2.24) is 0 Å². The van der Waals surface area contributed by atoms with E-state index in [4.69, 9.17) is 10.2 Å². The molecule has 0 radical (unpaired) electrons. The molecule has 0 rings (SSSR count). The van der Waals surface area contributed by atoms with E-state index in [9.17, 15) is 9.59 Å². The Hall–Kier alpha value is 1.58. The number of rotatable bonds is 4. The maximum absolute atomic E-state index is 10.2. The maximum atomic E-state index is 10.2. The molecule has 0 aromatic carbocycles. The number of hydrogen-bond acceptors (Lipinski definition) is 2. The molecule has 62 valence electrons. The van der Waals surface area contributed by atoms with Gasteiger partial charge in [-0.3, -0.25) is 9.59 Å². The monoisotopic (exact) mass is 210 g/mol. The van der Waals surface area contributed by atoms with Crippen molar-refractivity contribution >= 4 is 92.9 Å². The number of hydrogen-bond donors (Lipinski definition) is 2. The van der Waals surface area contributed by atoms with E-state index in [-0.39, 0.29) is 87.4 Å². The molecule has 6 heteroatoms. The number of carbonyl (C=O) groups is 2. The van der Waals surface area contributed by atoms with Gasteiger partial charge in [-0.25, -0.2) is 0 Å². The van der Waals surface area contributed by atoms with Crippen LogP contribution in [0.1, 0.15) is 19.8 Å². The topological polar surface area (TPSA) is 74.6 Å². The van der Waals surface area contributed by atoms with E-state index in [2.05, 4.69) is 0 Å². The van der Waals surface area contributed by atoms with Gasteiger partial charge in [0.15, 0.2) is 5.92 Å². The molecule has 0 aromatic heterocycles. The number of carboxylic acids is 2. The molecule has 0 heterocycles. The summed E-state index contributed by atoms with van der Waals surface area (Å²) in [7, 11) is 0. The van der Waals surface area contributed by atoms with Crippen LogP contribution in [0.2, 0.25) is 0 Å². The molecule has 2 N–H and O–H groups in total. The second-order valence-corrected chi connectivity index (χ2v) is 2.02. The first-order chi connectivity index (χ1) is 4.59. The van der Waals surface area contributed by atoms with E-state index in [1.165, 1.54) is 0 Å². The van der Waals surface area contributed by atoms with Gasteiger partial charge in [0.25, 0.3) is 0 Å². The van der Waals surface area contributed by atoms with Gasteiger partial charge in [0, 0.05) is 0 Å². The third-order valence-electron chi connectivity index (χ3n) is 1.17. The Bertz CT molecular complexity index is 136. The van der Waals surface area contributed by atoms with Crippen molar-refractivity contribution in [3.8, 4) is 0 Å². The molecule has 0 aliphatic rings. The summed E-state index contributed by atoms with van der Waals surface area (Å²) in [6.07, 6.45) is 0.772. The van der Waals surface area contributed by atoms with Crippen LogP contribution in [-0.2, 0) is 9.59 Å². The summed E-state index contributed by atoms with van der Waals surface area (Å²) in [6.45, 7) is 1.75. The van der Waals surface area contributed by atoms with E-state index < -0.39 is 17.9 Å². The van der Waals surface area contributed by atoms with Crippen LogP contribution >= 0.6 is 0 Å². The SMILES string of the molecule is CCCC(C(=O)O)C(=O)O.[KH].[NaH]. The van der Waals surface area contributed by atoms with Crippen LogP contribution in [0.4, 0.5) is 0 Å². The molecule has 0 saturated heterocycles. The van der Waals surface area contributed by atoms with Crippen molar-refractivity contribution in [3.63, 3.8) is 0 Å². The molecule has 0 fully saturated rings. The molecule has 0 aromatic rings. The van der Waals surface area contributed by atoms with Crippen LogP contribution in [0.5, 0.6) is 0 Å². The Labute approximate surface area is 136 Å². The molecule has 0 spiro atoms. The molecule has 0 atom stereocenters. The fourth-order valence-corrected chi connectivity index (χ4v) is 0.641. The van der Waals surface area contributed by atoms with Crippen LogP contribution in [0.15, 0.2) is 0 Å². The van der Waals surface area contributed by atoms with Crippen LogP contribution in [0, 0.1) is 5.92 Å². The first kappa shape index (κ1) is 19.2. The Morgan fingerprint density at radius 3 is 1.67 bits per heavy atom. The minimum atomic E-state index is -1.26. The molecule has 0 unspecified atom stereocenters. The first-order valence-electron chi connectivity index (χ1n) is 3.05. The quantitative estimate of drug-likeness (QED) is 0.474. The summed E-state index contributed by atoms with van der Waals surface area (Å²) >= 11 is 0. The average Bonchev–Trinajstić information content (AvgIpc) is 1.81. The number of aliphatic carboxylic acids is 2. The fourth-order valence-electron chi connectivity index (χ4n) is 0.641. The van der Waals surface area contributed by atoms with E-state index in [1.54, 1.807) is 6.92 Å². The first-order valence-corrected chi connectivity index (χ1v) is 3.05. The summed E-state index contributed by atoms with van der Waals surface area (Å²) in [4.78, 5) is 20.3. The second kappa shape index (κ2) is 10.7. The Kier molecular flexibility index (Phi) is 17.0. The molecule has 12 heavy (non-hydrogen) atoms.